The van der Waals surface area contributed by atoms with Crippen molar-refractivity contribution in [3.05, 3.63) is 65.6 Å². The molecule has 28 heavy (non-hydrogen) atoms. The van der Waals surface area contributed by atoms with Crippen LogP contribution in [-0.4, -0.2) is 35.4 Å². The Kier molecular flexibility index (Phi) is 5.84. The van der Waals surface area contributed by atoms with Crippen LogP contribution < -0.4 is 15.8 Å². The van der Waals surface area contributed by atoms with E-state index in [2.05, 4.69) is 15.3 Å². The molecule has 1 atom stereocenters. The summed E-state index contributed by atoms with van der Waals surface area (Å²) < 4.78 is 5.50. The van der Waals surface area contributed by atoms with Gasteiger partial charge in [-0.2, -0.15) is 0 Å². The summed E-state index contributed by atoms with van der Waals surface area (Å²) in [6.45, 7) is 1.91. The summed E-state index contributed by atoms with van der Waals surface area (Å²) in [5.74, 6) is 0.0302. The van der Waals surface area contributed by atoms with E-state index in [1.165, 1.54) is 13.3 Å². The first-order valence-electron chi connectivity index (χ1n) is 8.91. The van der Waals surface area contributed by atoms with Gasteiger partial charge in [0.2, 0.25) is 5.91 Å². The number of benzene rings is 2. The monoisotopic (exact) mass is 378 g/mol. The van der Waals surface area contributed by atoms with E-state index in [1.54, 1.807) is 19.2 Å². The lowest BCUT2D eigenvalue weighted by atomic mass is 9.91. The number of primary amides is 1. The van der Waals surface area contributed by atoms with Crippen molar-refractivity contribution in [3.8, 4) is 5.75 Å². The molecule has 0 aliphatic heterocycles. The molecule has 3 aromatic rings. The van der Waals surface area contributed by atoms with Gasteiger partial charge >= 0.3 is 0 Å². The van der Waals surface area contributed by atoms with Crippen LogP contribution in [0.25, 0.3) is 10.9 Å². The fourth-order valence-corrected chi connectivity index (χ4v) is 3.30. The predicted molar refractivity (Wildman–Crippen MR) is 106 cm³/mol. The third-order valence-electron chi connectivity index (χ3n) is 4.63. The number of nitrogens with two attached hydrogens (primary N) is 1. The van der Waals surface area contributed by atoms with Crippen molar-refractivity contribution in [2.75, 3.05) is 13.7 Å². The Morgan fingerprint density at radius 1 is 1.14 bits per heavy atom. The lowest BCUT2D eigenvalue weighted by molar-refractivity contribution is -0.119. The van der Waals surface area contributed by atoms with Gasteiger partial charge in [-0.25, -0.2) is 9.97 Å². The van der Waals surface area contributed by atoms with E-state index in [9.17, 15) is 9.59 Å². The number of hydrogen-bond acceptors (Lipinski definition) is 5. The van der Waals surface area contributed by atoms with Crippen molar-refractivity contribution in [3.63, 3.8) is 0 Å². The van der Waals surface area contributed by atoms with E-state index < -0.39 is 5.91 Å². The zero-order valence-corrected chi connectivity index (χ0v) is 15.8. The molecule has 0 radical (unpaired) electrons. The van der Waals surface area contributed by atoms with Gasteiger partial charge in [0.05, 0.1) is 23.9 Å². The largest absolute Gasteiger partial charge is 0.496 e. The van der Waals surface area contributed by atoms with E-state index >= 15 is 0 Å². The number of carbonyl (C=O) groups is 2. The van der Waals surface area contributed by atoms with Gasteiger partial charge in [-0.1, -0.05) is 30.3 Å². The third kappa shape index (κ3) is 4.09. The lowest BCUT2D eigenvalue weighted by Gasteiger charge is -2.20. The maximum absolute atomic E-state index is 11.7. The Balaban J connectivity index is 2.04. The van der Waals surface area contributed by atoms with E-state index in [-0.39, 0.29) is 11.8 Å². The molecule has 0 spiro atoms. The highest BCUT2D eigenvalue weighted by molar-refractivity contribution is 6.05. The molecule has 1 aromatic heterocycles. The molecule has 0 aliphatic rings. The molecule has 0 aliphatic carbocycles. The minimum atomic E-state index is -0.533. The number of fused-ring (bicyclic) bond motifs is 1. The molecule has 2 aromatic carbocycles. The zero-order valence-electron chi connectivity index (χ0n) is 15.8. The molecular formula is C21H22N4O3. The van der Waals surface area contributed by atoms with Crippen LogP contribution in [0.3, 0.4) is 0 Å². The fraction of sp³-hybridized carbons (Fsp3) is 0.238. The predicted octanol–water partition coefficient (Wildman–Crippen LogP) is 2.20. The summed E-state index contributed by atoms with van der Waals surface area (Å²) >= 11 is 0. The van der Waals surface area contributed by atoms with Crippen molar-refractivity contribution in [1.82, 2.24) is 15.3 Å². The van der Waals surface area contributed by atoms with Gasteiger partial charge in [0.15, 0.2) is 0 Å². The highest BCUT2D eigenvalue weighted by Crippen LogP contribution is 2.30. The smallest absolute Gasteiger partial charge is 0.250 e. The van der Waals surface area contributed by atoms with Crippen LogP contribution in [0.1, 0.15) is 34.5 Å². The minimum Gasteiger partial charge on any atom is -0.496 e. The van der Waals surface area contributed by atoms with Gasteiger partial charge < -0.3 is 15.8 Å². The SMILES string of the molecule is COc1ccccc1C(CNC(C)=O)Cc1ncnc2c(C(N)=O)cccc12. The molecule has 144 valence electrons. The molecular weight excluding hydrogens is 356 g/mol. The maximum Gasteiger partial charge on any atom is 0.250 e. The first-order chi connectivity index (χ1) is 13.5. The number of hydrogen-bond donors (Lipinski definition) is 2. The highest BCUT2D eigenvalue weighted by atomic mass is 16.5. The van der Waals surface area contributed by atoms with Crippen molar-refractivity contribution in [2.45, 2.75) is 19.3 Å². The van der Waals surface area contributed by atoms with Crippen molar-refractivity contribution in [1.29, 1.82) is 0 Å². The van der Waals surface area contributed by atoms with Crippen molar-refractivity contribution in [2.24, 2.45) is 5.73 Å². The first kappa shape index (κ1) is 19.3. The number of para-hydroxylation sites is 2. The first-order valence-corrected chi connectivity index (χ1v) is 8.91. The molecule has 0 saturated carbocycles. The van der Waals surface area contributed by atoms with E-state index in [0.29, 0.717) is 24.0 Å². The van der Waals surface area contributed by atoms with Gasteiger partial charge in [0.1, 0.15) is 12.1 Å². The normalized spacial score (nSPS) is 11.8. The van der Waals surface area contributed by atoms with Crippen LogP contribution in [0.4, 0.5) is 0 Å². The molecule has 1 unspecified atom stereocenters. The average Bonchev–Trinajstić information content (AvgIpc) is 2.70. The van der Waals surface area contributed by atoms with Crippen LogP contribution in [0.5, 0.6) is 5.75 Å². The van der Waals surface area contributed by atoms with Crippen molar-refractivity contribution >= 4 is 22.7 Å². The number of methoxy groups -OCH3 is 1. The summed E-state index contributed by atoms with van der Waals surface area (Å²) in [5, 5.41) is 3.65. The van der Waals surface area contributed by atoms with Gasteiger partial charge in [-0.3, -0.25) is 9.59 Å². The number of aromatic nitrogens is 2. The Hall–Kier alpha value is -3.48. The van der Waals surface area contributed by atoms with E-state index in [1.807, 2.05) is 30.3 Å². The number of amides is 2. The number of nitrogens with one attached hydrogen (secondary N) is 1. The quantitative estimate of drug-likeness (QED) is 0.655. The Labute approximate surface area is 162 Å². The summed E-state index contributed by atoms with van der Waals surface area (Å²) in [5.41, 5.74) is 8.10. The molecule has 7 nitrogen and oxygen atoms in total. The Morgan fingerprint density at radius 3 is 2.64 bits per heavy atom. The van der Waals surface area contributed by atoms with Crippen LogP contribution in [-0.2, 0) is 11.2 Å². The van der Waals surface area contributed by atoms with E-state index in [0.717, 1.165) is 22.4 Å². The zero-order chi connectivity index (χ0) is 20.1. The Morgan fingerprint density at radius 2 is 1.93 bits per heavy atom. The lowest BCUT2D eigenvalue weighted by Crippen LogP contribution is -2.27. The molecule has 7 heteroatoms. The molecule has 3 rings (SSSR count). The summed E-state index contributed by atoms with van der Waals surface area (Å²) in [4.78, 5) is 31.9. The van der Waals surface area contributed by atoms with Gasteiger partial charge in [0.25, 0.3) is 5.91 Å². The number of rotatable bonds is 7. The molecule has 0 fully saturated rings. The number of carbonyl (C=O) groups excluding carboxylic acids is 2. The molecule has 3 N–H and O–H groups in total. The van der Waals surface area contributed by atoms with Gasteiger partial charge in [-0.05, 0) is 24.1 Å². The average molecular weight is 378 g/mol. The Bertz CT molecular complexity index is 1020. The van der Waals surface area contributed by atoms with Crippen molar-refractivity contribution < 1.29 is 14.3 Å². The van der Waals surface area contributed by atoms with Crippen LogP contribution in [0, 0.1) is 0 Å². The summed E-state index contributed by atoms with van der Waals surface area (Å²) in [6, 6.07) is 13.0. The standard InChI is InChI=1S/C21H22N4O3/c1-13(26)23-11-14(15-6-3-4-9-19(15)28-2)10-18-16-7-5-8-17(21(22)27)20(16)25-12-24-18/h3-9,12,14H,10-11H2,1-2H3,(H2,22,27)(H,23,26). The van der Waals surface area contributed by atoms with Crippen LogP contribution in [0.2, 0.25) is 0 Å². The summed E-state index contributed by atoms with van der Waals surface area (Å²) in [7, 11) is 1.62. The molecule has 0 saturated heterocycles. The fourth-order valence-electron chi connectivity index (χ4n) is 3.30. The minimum absolute atomic E-state index is 0.0737. The molecule has 2 amide bonds. The van der Waals surface area contributed by atoms with Crippen LogP contribution >= 0.6 is 0 Å². The second-order valence-electron chi connectivity index (χ2n) is 6.47. The van der Waals surface area contributed by atoms with Gasteiger partial charge in [-0.15, -0.1) is 0 Å². The van der Waals surface area contributed by atoms with E-state index in [4.69, 9.17) is 10.5 Å². The van der Waals surface area contributed by atoms with Gasteiger partial charge in [0, 0.05) is 24.8 Å². The second-order valence-corrected chi connectivity index (χ2v) is 6.47. The second kappa shape index (κ2) is 8.47. The molecule has 0 bridgehead atoms. The summed E-state index contributed by atoms with van der Waals surface area (Å²) in [6.07, 6.45) is 1.96. The maximum atomic E-state index is 11.7. The third-order valence-corrected chi connectivity index (χ3v) is 4.63. The number of ether oxygens (including phenoxy) is 1. The topological polar surface area (TPSA) is 107 Å². The van der Waals surface area contributed by atoms with Crippen LogP contribution in [0.15, 0.2) is 48.8 Å². The number of nitrogens with zero attached hydrogens (tertiary/aromatic N) is 2. The highest BCUT2D eigenvalue weighted by Gasteiger charge is 2.20. The molecule has 1 heterocycles.